The first-order valence-electron chi connectivity index (χ1n) is 10.4. The molecule has 1 fully saturated rings. The quantitative estimate of drug-likeness (QED) is 0.445. The molecular weight excluding hydrogens is 497 g/mol. The Morgan fingerprint density at radius 1 is 1.17 bits per heavy atom. The average Bonchev–Trinajstić information content (AvgIpc) is 3.29. The largest absolute Gasteiger partial charge is 0.504 e. The molecule has 2 aromatic carbocycles. The van der Waals surface area contributed by atoms with Crippen LogP contribution in [0.15, 0.2) is 52.3 Å². The summed E-state index contributed by atoms with van der Waals surface area (Å²) in [6.45, 7) is -0.326. The zero-order valence-electron chi connectivity index (χ0n) is 18.1. The molecule has 2 aliphatic rings. The van der Waals surface area contributed by atoms with Gasteiger partial charge in [-0.15, -0.1) is 0 Å². The molecular formula is C23H18FN3O6S2. The van der Waals surface area contributed by atoms with Crippen LogP contribution in [-0.2, 0) is 20.9 Å². The van der Waals surface area contributed by atoms with Gasteiger partial charge in [0.2, 0.25) is 17.7 Å². The van der Waals surface area contributed by atoms with Crippen molar-refractivity contribution in [3.05, 3.63) is 68.4 Å². The van der Waals surface area contributed by atoms with Crippen LogP contribution in [0.4, 0.5) is 10.1 Å². The molecule has 3 atom stereocenters. The molecule has 3 heterocycles. The molecule has 0 saturated carbocycles. The summed E-state index contributed by atoms with van der Waals surface area (Å²) in [6, 6.07) is 9.83. The summed E-state index contributed by atoms with van der Waals surface area (Å²) in [6.07, 6.45) is 0. The highest BCUT2D eigenvalue weighted by atomic mass is 32.2. The van der Waals surface area contributed by atoms with Gasteiger partial charge >= 0.3 is 4.87 Å². The number of benzene rings is 2. The SMILES string of the molecule is COc1cc(C2c3sc(=O)n(CC(=O)Nc4ccc(F)cc4)c3SC3C(=O)NC(=O)C32)ccc1O. The fourth-order valence-electron chi connectivity index (χ4n) is 4.30. The molecule has 1 aromatic heterocycles. The Bertz CT molecular complexity index is 1420. The molecule has 5 rings (SSSR count). The summed E-state index contributed by atoms with van der Waals surface area (Å²) in [5, 5.41) is 14.6. The zero-order valence-corrected chi connectivity index (χ0v) is 19.7. The number of phenols is 1. The number of aromatic nitrogens is 1. The Balaban J connectivity index is 1.55. The third kappa shape index (κ3) is 4.08. The Morgan fingerprint density at radius 3 is 2.63 bits per heavy atom. The number of rotatable bonds is 5. The number of phenolic OH excluding ortho intramolecular Hbond substituents is 1. The van der Waals surface area contributed by atoms with Gasteiger partial charge in [0.25, 0.3) is 0 Å². The highest BCUT2D eigenvalue weighted by molar-refractivity contribution is 8.00. The minimum atomic E-state index is -0.791. The first kappa shape index (κ1) is 23.1. The van der Waals surface area contributed by atoms with Gasteiger partial charge in [0.05, 0.1) is 18.1 Å². The monoisotopic (exact) mass is 515 g/mol. The number of aromatic hydroxyl groups is 1. The molecule has 9 nitrogen and oxygen atoms in total. The van der Waals surface area contributed by atoms with E-state index < -0.39 is 45.5 Å². The third-order valence-electron chi connectivity index (χ3n) is 5.88. The highest BCUT2D eigenvalue weighted by Crippen LogP contribution is 2.52. The molecule has 3 aromatic rings. The summed E-state index contributed by atoms with van der Waals surface area (Å²) >= 11 is 1.98. The van der Waals surface area contributed by atoms with E-state index in [2.05, 4.69) is 10.6 Å². The summed E-state index contributed by atoms with van der Waals surface area (Å²) in [4.78, 5) is 51.1. The second-order valence-electron chi connectivity index (χ2n) is 8.01. The minimum Gasteiger partial charge on any atom is -0.504 e. The van der Waals surface area contributed by atoms with Crippen molar-refractivity contribution in [2.24, 2.45) is 5.92 Å². The first-order valence-corrected chi connectivity index (χ1v) is 12.1. The number of nitrogens with one attached hydrogen (secondary N) is 2. The number of halogens is 1. The van der Waals surface area contributed by atoms with E-state index in [0.717, 1.165) is 23.1 Å². The van der Waals surface area contributed by atoms with Crippen LogP contribution in [0.3, 0.4) is 0 Å². The van der Waals surface area contributed by atoms with Crippen molar-refractivity contribution in [2.45, 2.75) is 22.7 Å². The Morgan fingerprint density at radius 2 is 1.91 bits per heavy atom. The van der Waals surface area contributed by atoms with E-state index in [-0.39, 0.29) is 18.0 Å². The van der Waals surface area contributed by atoms with Gasteiger partial charge in [-0.25, -0.2) is 4.39 Å². The topological polar surface area (TPSA) is 127 Å². The van der Waals surface area contributed by atoms with Crippen LogP contribution in [0.1, 0.15) is 16.4 Å². The van der Waals surface area contributed by atoms with Gasteiger partial charge in [0.1, 0.15) is 17.6 Å². The maximum Gasteiger partial charge on any atom is 0.308 e. The number of imide groups is 1. The van der Waals surface area contributed by atoms with Gasteiger partial charge in [0, 0.05) is 16.5 Å². The van der Waals surface area contributed by atoms with Crippen molar-refractivity contribution < 1.29 is 28.6 Å². The number of amides is 3. The highest BCUT2D eigenvalue weighted by Gasteiger charge is 2.53. The van der Waals surface area contributed by atoms with E-state index in [0.29, 0.717) is 21.2 Å². The Kier molecular flexibility index (Phi) is 5.85. The van der Waals surface area contributed by atoms with Crippen molar-refractivity contribution >= 4 is 46.5 Å². The predicted octanol–water partition coefficient (Wildman–Crippen LogP) is 2.28. The van der Waals surface area contributed by atoms with Gasteiger partial charge in [-0.05, 0) is 42.0 Å². The summed E-state index contributed by atoms with van der Waals surface area (Å²) in [5.74, 6) is -3.19. The number of carbonyl (C=O) groups excluding carboxylic acids is 3. The fourth-order valence-corrected chi connectivity index (χ4v) is 7.04. The predicted molar refractivity (Wildman–Crippen MR) is 126 cm³/mol. The van der Waals surface area contributed by atoms with Crippen LogP contribution in [0, 0.1) is 11.7 Å². The van der Waals surface area contributed by atoms with Gasteiger partial charge in [-0.3, -0.25) is 29.1 Å². The number of thiazole rings is 1. The Labute approximate surface area is 205 Å². The van der Waals surface area contributed by atoms with Crippen LogP contribution in [0.2, 0.25) is 0 Å². The van der Waals surface area contributed by atoms with E-state index in [1.807, 2.05) is 0 Å². The second-order valence-corrected chi connectivity index (χ2v) is 10.1. The lowest BCUT2D eigenvalue weighted by Crippen LogP contribution is -2.32. The molecule has 0 bridgehead atoms. The summed E-state index contributed by atoms with van der Waals surface area (Å²) in [5.41, 5.74) is 0.960. The number of thioether (sulfide) groups is 1. The molecule has 2 aliphatic heterocycles. The maximum absolute atomic E-state index is 13.1. The van der Waals surface area contributed by atoms with Crippen molar-refractivity contribution in [1.82, 2.24) is 9.88 Å². The van der Waals surface area contributed by atoms with E-state index in [1.165, 1.54) is 42.0 Å². The first-order chi connectivity index (χ1) is 16.8. The number of nitrogens with zero attached hydrogens (tertiary/aromatic N) is 1. The molecule has 0 radical (unpaired) electrons. The minimum absolute atomic E-state index is 0.0895. The number of carbonyl (C=O) groups is 3. The van der Waals surface area contributed by atoms with Crippen molar-refractivity contribution in [3.63, 3.8) is 0 Å². The molecule has 3 N–H and O–H groups in total. The van der Waals surface area contributed by atoms with E-state index in [9.17, 15) is 28.7 Å². The molecule has 3 unspecified atom stereocenters. The number of hydrogen-bond acceptors (Lipinski definition) is 8. The lowest BCUT2D eigenvalue weighted by molar-refractivity contribution is -0.126. The molecule has 1 saturated heterocycles. The molecule has 180 valence electrons. The van der Waals surface area contributed by atoms with Gasteiger partial charge in [-0.2, -0.15) is 0 Å². The number of anilines is 1. The van der Waals surface area contributed by atoms with Crippen LogP contribution < -0.4 is 20.2 Å². The average molecular weight is 516 g/mol. The van der Waals surface area contributed by atoms with Gasteiger partial charge in [0.15, 0.2) is 11.5 Å². The van der Waals surface area contributed by atoms with Crippen LogP contribution in [-0.4, -0.2) is 39.8 Å². The molecule has 0 spiro atoms. The molecule has 3 amide bonds. The smallest absolute Gasteiger partial charge is 0.308 e. The van der Waals surface area contributed by atoms with Crippen LogP contribution in [0.25, 0.3) is 0 Å². The third-order valence-corrected chi connectivity index (χ3v) is 8.50. The lowest BCUT2D eigenvalue weighted by Gasteiger charge is -2.31. The lowest BCUT2D eigenvalue weighted by atomic mass is 9.83. The van der Waals surface area contributed by atoms with Crippen LogP contribution >= 0.6 is 23.1 Å². The normalized spacial score (nSPS) is 20.7. The standard InChI is InChI=1S/C23H18FN3O6S2/c1-33-14-8-10(2-7-13(14)28)16-17-18(21(31)26-20(17)30)34-22-19(16)35-23(32)27(22)9-15(29)25-12-5-3-11(24)4-6-12/h2-8,16-18,28H,9H2,1H3,(H,25,29)(H,26,30,31). The maximum atomic E-state index is 13.1. The second kappa shape index (κ2) is 8.86. The summed E-state index contributed by atoms with van der Waals surface area (Å²) < 4.78 is 19.6. The van der Waals surface area contributed by atoms with Crippen molar-refractivity contribution in [2.75, 3.05) is 12.4 Å². The number of ether oxygens (including phenoxy) is 1. The number of fused-ring (bicyclic) bond motifs is 2. The Hall–Kier alpha value is -3.64. The van der Waals surface area contributed by atoms with E-state index in [4.69, 9.17) is 4.74 Å². The molecule has 0 aliphatic carbocycles. The number of methoxy groups -OCH3 is 1. The molecule has 12 heteroatoms. The molecule has 35 heavy (non-hydrogen) atoms. The van der Waals surface area contributed by atoms with Crippen molar-refractivity contribution in [1.29, 1.82) is 0 Å². The summed E-state index contributed by atoms with van der Waals surface area (Å²) in [7, 11) is 1.39. The van der Waals surface area contributed by atoms with Crippen molar-refractivity contribution in [3.8, 4) is 11.5 Å². The zero-order chi connectivity index (χ0) is 24.9. The van der Waals surface area contributed by atoms with Crippen LogP contribution in [0.5, 0.6) is 11.5 Å². The number of hydrogen-bond donors (Lipinski definition) is 3. The fraction of sp³-hybridized carbons (Fsp3) is 0.217. The van der Waals surface area contributed by atoms with Gasteiger partial charge < -0.3 is 15.2 Å². The van der Waals surface area contributed by atoms with E-state index >= 15 is 0 Å². The van der Waals surface area contributed by atoms with Gasteiger partial charge in [-0.1, -0.05) is 29.2 Å². The van der Waals surface area contributed by atoms with E-state index in [1.54, 1.807) is 12.1 Å².